The maximum atomic E-state index is 10.7. The first-order valence-electron chi connectivity index (χ1n) is 5.63. The summed E-state index contributed by atoms with van der Waals surface area (Å²) in [4.78, 5) is 10.2. The number of aliphatic hydroxyl groups is 1. The van der Waals surface area contributed by atoms with Crippen molar-refractivity contribution in [2.45, 2.75) is 13.0 Å². The van der Waals surface area contributed by atoms with Gasteiger partial charge in [0.2, 0.25) is 0 Å². The number of hydrogen-bond donors (Lipinski definition) is 1. The molecule has 0 amide bonds. The third-order valence-electron chi connectivity index (χ3n) is 2.70. The summed E-state index contributed by atoms with van der Waals surface area (Å²) in [6.07, 6.45) is -0.710. The van der Waals surface area contributed by atoms with Gasteiger partial charge >= 0.3 is 0 Å². The number of rotatable bonds is 4. The Balaban J connectivity index is 2.46. The quantitative estimate of drug-likeness (QED) is 0.677. The van der Waals surface area contributed by atoms with Crippen molar-refractivity contribution in [3.63, 3.8) is 0 Å². The molecule has 0 radical (unpaired) electrons. The van der Waals surface area contributed by atoms with Gasteiger partial charge in [-0.15, -0.1) is 0 Å². The van der Waals surface area contributed by atoms with Gasteiger partial charge in [0.05, 0.1) is 23.7 Å². The highest BCUT2D eigenvalue weighted by atomic mass is 16.6. The first-order chi connectivity index (χ1) is 9.02. The predicted molar refractivity (Wildman–Crippen MR) is 68.0 cm³/mol. The van der Waals surface area contributed by atoms with Crippen LogP contribution < -0.4 is 4.74 Å². The van der Waals surface area contributed by atoms with E-state index in [9.17, 15) is 15.2 Å². The van der Waals surface area contributed by atoms with Gasteiger partial charge in [-0.2, -0.15) is 0 Å². The van der Waals surface area contributed by atoms with Crippen molar-refractivity contribution in [3.8, 4) is 17.1 Å². The van der Waals surface area contributed by atoms with Gasteiger partial charge in [0.15, 0.2) is 0 Å². The molecule has 1 atom stereocenters. The number of nitrogens with zero attached hydrogens (tertiary/aromatic N) is 1. The minimum Gasteiger partial charge on any atom is -0.496 e. The van der Waals surface area contributed by atoms with Gasteiger partial charge in [0.25, 0.3) is 5.69 Å². The monoisotopic (exact) mass is 263 g/mol. The zero-order valence-corrected chi connectivity index (χ0v) is 10.5. The molecule has 2 rings (SSSR count). The lowest BCUT2D eigenvalue weighted by atomic mass is 10.1. The third kappa shape index (κ3) is 2.58. The van der Waals surface area contributed by atoms with Gasteiger partial charge in [0, 0.05) is 6.07 Å². The smallest absolute Gasteiger partial charge is 0.273 e. The molecule has 6 nitrogen and oxygen atoms in total. The lowest BCUT2D eigenvalue weighted by Gasteiger charge is -2.06. The Morgan fingerprint density at radius 3 is 2.63 bits per heavy atom. The van der Waals surface area contributed by atoms with E-state index in [2.05, 4.69) is 0 Å². The van der Waals surface area contributed by atoms with Crippen LogP contribution in [0.2, 0.25) is 0 Å². The van der Waals surface area contributed by atoms with Crippen LogP contribution in [-0.4, -0.2) is 17.1 Å². The van der Waals surface area contributed by atoms with E-state index in [0.717, 1.165) is 0 Å². The lowest BCUT2D eigenvalue weighted by molar-refractivity contribution is -0.384. The van der Waals surface area contributed by atoms with Crippen LogP contribution >= 0.6 is 0 Å². The summed E-state index contributed by atoms with van der Waals surface area (Å²) >= 11 is 0. The Labute approximate surface area is 109 Å². The molecule has 0 saturated carbocycles. The zero-order chi connectivity index (χ0) is 14.0. The van der Waals surface area contributed by atoms with E-state index in [4.69, 9.17) is 9.15 Å². The summed E-state index contributed by atoms with van der Waals surface area (Å²) < 4.78 is 10.6. The van der Waals surface area contributed by atoms with E-state index < -0.39 is 11.0 Å². The van der Waals surface area contributed by atoms with Gasteiger partial charge < -0.3 is 14.3 Å². The van der Waals surface area contributed by atoms with Crippen LogP contribution in [-0.2, 0) is 0 Å². The van der Waals surface area contributed by atoms with Gasteiger partial charge in [-0.05, 0) is 25.1 Å². The molecule has 6 heteroatoms. The second kappa shape index (κ2) is 5.11. The van der Waals surface area contributed by atoms with Gasteiger partial charge in [-0.3, -0.25) is 10.1 Å². The van der Waals surface area contributed by atoms with Crippen molar-refractivity contribution in [2.75, 3.05) is 7.11 Å². The van der Waals surface area contributed by atoms with Crippen molar-refractivity contribution >= 4 is 5.69 Å². The second-order valence-corrected chi connectivity index (χ2v) is 4.02. The molecule has 19 heavy (non-hydrogen) atoms. The van der Waals surface area contributed by atoms with Crippen LogP contribution in [0.3, 0.4) is 0 Å². The molecule has 0 spiro atoms. The van der Waals surface area contributed by atoms with Crippen molar-refractivity contribution in [1.82, 2.24) is 0 Å². The molecule has 0 aliphatic carbocycles. The molecule has 2 aromatic rings. The Kier molecular flexibility index (Phi) is 3.52. The molecule has 1 aromatic carbocycles. The maximum Gasteiger partial charge on any atom is 0.273 e. The normalized spacial score (nSPS) is 12.2. The van der Waals surface area contributed by atoms with Crippen molar-refractivity contribution < 1.29 is 19.2 Å². The van der Waals surface area contributed by atoms with Crippen molar-refractivity contribution in [2.24, 2.45) is 0 Å². The highest BCUT2D eigenvalue weighted by Gasteiger charge is 2.16. The Bertz CT molecular complexity index is 603. The maximum absolute atomic E-state index is 10.7. The molecule has 0 aliphatic rings. The van der Waals surface area contributed by atoms with E-state index in [-0.39, 0.29) is 5.69 Å². The lowest BCUT2D eigenvalue weighted by Crippen LogP contribution is -1.92. The minimum absolute atomic E-state index is 0.0529. The van der Waals surface area contributed by atoms with Crippen molar-refractivity contribution in [1.29, 1.82) is 0 Å². The molecular formula is C13H13NO5. The van der Waals surface area contributed by atoms with E-state index in [1.807, 2.05) is 0 Å². The summed E-state index contributed by atoms with van der Waals surface area (Å²) in [5.41, 5.74) is 0.544. The van der Waals surface area contributed by atoms with Gasteiger partial charge in [-0.25, -0.2) is 0 Å². The number of aliphatic hydroxyl groups excluding tert-OH is 1. The molecule has 0 bridgehead atoms. The zero-order valence-electron chi connectivity index (χ0n) is 10.5. The predicted octanol–water partition coefficient (Wildman–Crippen LogP) is 2.92. The average Bonchev–Trinajstić information content (AvgIpc) is 2.87. The number of hydrogen-bond acceptors (Lipinski definition) is 5. The Morgan fingerprint density at radius 2 is 2.11 bits per heavy atom. The summed E-state index contributed by atoms with van der Waals surface area (Å²) in [5.74, 6) is 1.26. The van der Waals surface area contributed by atoms with Crippen LogP contribution in [0, 0.1) is 10.1 Å². The molecule has 100 valence electrons. The highest BCUT2D eigenvalue weighted by Crippen LogP contribution is 2.35. The number of nitro groups is 1. The molecule has 1 heterocycles. The molecule has 0 saturated heterocycles. The molecular weight excluding hydrogens is 250 g/mol. The summed E-state index contributed by atoms with van der Waals surface area (Å²) in [7, 11) is 1.43. The number of benzene rings is 1. The van der Waals surface area contributed by atoms with E-state index in [0.29, 0.717) is 22.8 Å². The van der Waals surface area contributed by atoms with Crippen LogP contribution in [0.15, 0.2) is 34.7 Å². The number of nitro benzene ring substituents is 1. The third-order valence-corrected chi connectivity index (χ3v) is 2.70. The standard InChI is InChI=1S/C13H13NO5/c1-8(15)11-5-6-12(19-11)10-4-3-9(14(16)17)7-13(10)18-2/h3-8,15H,1-2H3. The van der Waals surface area contributed by atoms with Crippen LogP contribution in [0.25, 0.3) is 11.3 Å². The number of ether oxygens (including phenoxy) is 1. The average molecular weight is 263 g/mol. The van der Waals surface area contributed by atoms with Crippen LogP contribution in [0.4, 0.5) is 5.69 Å². The topological polar surface area (TPSA) is 85.7 Å². The van der Waals surface area contributed by atoms with Gasteiger partial charge in [0.1, 0.15) is 23.4 Å². The Hall–Kier alpha value is -2.34. The first kappa shape index (κ1) is 13.1. The summed E-state index contributed by atoms with van der Waals surface area (Å²) in [6.45, 7) is 1.59. The minimum atomic E-state index is -0.710. The van der Waals surface area contributed by atoms with E-state index in [1.54, 1.807) is 25.1 Å². The van der Waals surface area contributed by atoms with Gasteiger partial charge in [-0.1, -0.05) is 0 Å². The number of methoxy groups -OCH3 is 1. The fraction of sp³-hybridized carbons (Fsp3) is 0.231. The van der Waals surface area contributed by atoms with Crippen molar-refractivity contribution in [3.05, 3.63) is 46.2 Å². The fourth-order valence-electron chi connectivity index (χ4n) is 1.72. The SMILES string of the molecule is COc1cc([N+](=O)[O-])ccc1-c1ccc(C(C)O)o1. The molecule has 1 N–H and O–H groups in total. The summed E-state index contributed by atoms with van der Waals surface area (Å²) in [5, 5.41) is 20.1. The molecule has 0 aliphatic heterocycles. The molecule has 1 aromatic heterocycles. The fourth-order valence-corrected chi connectivity index (χ4v) is 1.72. The molecule has 0 fully saturated rings. The summed E-state index contributed by atoms with van der Waals surface area (Å²) in [6, 6.07) is 7.61. The largest absolute Gasteiger partial charge is 0.496 e. The number of non-ortho nitro benzene ring substituents is 1. The van der Waals surface area contributed by atoms with E-state index >= 15 is 0 Å². The van der Waals surface area contributed by atoms with E-state index in [1.165, 1.54) is 19.2 Å². The molecule has 1 unspecified atom stereocenters. The van der Waals surface area contributed by atoms with Crippen LogP contribution in [0.1, 0.15) is 18.8 Å². The highest BCUT2D eigenvalue weighted by molar-refractivity contribution is 5.68. The Morgan fingerprint density at radius 1 is 1.37 bits per heavy atom. The first-order valence-corrected chi connectivity index (χ1v) is 5.63. The van der Waals surface area contributed by atoms with Crippen LogP contribution in [0.5, 0.6) is 5.75 Å². The number of furan rings is 1. The second-order valence-electron chi connectivity index (χ2n) is 4.02.